The van der Waals surface area contributed by atoms with Crippen LogP contribution in [-0.4, -0.2) is 27.1 Å². The minimum absolute atomic E-state index is 0.0225. The fraction of sp³-hybridized carbons (Fsp3) is 0.118. The van der Waals surface area contributed by atoms with E-state index in [4.69, 9.17) is 4.74 Å². The summed E-state index contributed by atoms with van der Waals surface area (Å²) in [6.07, 6.45) is 1.54. The second-order valence-electron chi connectivity index (χ2n) is 5.17. The summed E-state index contributed by atoms with van der Waals surface area (Å²) in [6.45, 7) is -2.95. The molecule has 1 heterocycles. The van der Waals surface area contributed by atoms with Gasteiger partial charge in [0.05, 0.1) is 12.0 Å². The fourth-order valence-corrected chi connectivity index (χ4v) is 3.69. The van der Waals surface area contributed by atoms with Gasteiger partial charge in [0.15, 0.2) is 0 Å². The first kappa shape index (κ1) is 17.9. The second kappa shape index (κ2) is 7.12. The van der Waals surface area contributed by atoms with Crippen molar-refractivity contribution in [1.29, 1.82) is 0 Å². The predicted octanol–water partition coefficient (Wildman–Crippen LogP) is 3.65. The van der Waals surface area contributed by atoms with Crippen LogP contribution in [0.2, 0.25) is 0 Å². The van der Waals surface area contributed by atoms with Crippen LogP contribution in [0.25, 0.3) is 10.9 Å². The summed E-state index contributed by atoms with van der Waals surface area (Å²) in [7, 11) is -2.46. The number of alkyl halides is 2. The van der Waals surface area contributed by atoms with E-state index in [1.165, 1.54) is 49.7 Å². The van der Waals surface area contributed by atoms with Crippen molar-refractivity contribution in [3.05, 3.63) is 54.7 Å². The Hall–Kier alpha value is -2.94. The van der Waals surface area contributed by atoms with E-state index >= 15 is 0 Å². The van der Waals surface area contributed by atoms with E-state index in [1.807, 2.05) is 0 Å². The molecule has 0 spiro atoms. The Kier molecular flexibility index (Phi) is 4.90. The Bertz CT molecular complexity index is 1020. The summed E-state index contributed by atoms with van der Waals surface area (Å²) in [5.41, 5.74) is 0.623. The van der Waals surface area contributed by atoms with Gasteiger partial charge in [0, 0.05) is 17.3 Å². The number of ether oxygens (including phenoxy) is 2. The topological polar surface area (TPSA) is 77.5 Å². The van der Waals surface area contributed by atoms with Gasteiger partial charge in [0.2, 0.25) is 0 Å². The number of methoxy groups -OCH3 is 1. The molecule has 26 heavy (non-hydrogen) atoms. The molecule has 1 N–H and O–H groups in total. The monoisotopic (exact) mass is 380 g/mol. The number of rotatable bonds is 6. The smallest absolute Gasteiger partial charge is 0.387 e. The van der Waals surface area contributed by atoms with Gasteiger partial charge in [-0.3, -0.25) is 9.71 Å². The van der Waals surface area contributed by atoms with E-state index in [0.717, 1.165) is 0 Å². The molecule has 6 nitrogen and oxygen atoms in total. The molecule has 3 rings (SSSR count). The number of hydrogen-bond donors (Lipinski definition) is 1. The van der Waals surface area contributed by atoms with Crippen molar-refractivity contribution in [1.82, 2.24) is 4.98 Å². The van der Waals surface area contributed by atoms with E-state index in [2.05, 4.69) is 14.4 Å². The third kappa shape index (κ3) is 3.67. The van der Waals surface area contributed by atoms with Crippen molar-refractivity contribution in [2.75, 3.05) is 11.8 Å². The standard InChI is InChI=1S/C17H14F2N2O4S/c1-24-14-8-9-15(13-3-2-10-20-16(13)14)26(22,23)21-11-4-6-12(7-5-11)25-17(18)19/h2-10,17,21H,1H3. The highest BCUT2D eigenvalue weighted by atomic mass is 32.2. The molecule has 136 valence electrons. The molecule has 0 saturated heterocycles. The lowest BCUT2D eigenvalue weighted by Gasteiger charge is -2.12. The van der Waals surface area contributed by atoms with Crippen LogP contribution in [0.5, 0.6) is 11.5 Å². The molecule has 0 fully saturated rings. The van der Waals surface area contributed by atoms with E-state index in [9.17, 15) is 17.2 Å². The first-order valence-corrected chi connectivity index (χ1v) is 8.88. The molecule has 9 heteroatoms. The molecule has 0 aliphatic carbocycles. The molecule has 0 saturated carbocycles. The number of nitrogens with one attached hydrogen (secondary N) is 1. The van der Waals surface area contributed by atoms with Crippen molar-refractivity contribution in [3.8, 4) is 11.5 Å². The van der Waals surface area contributed by atoms with E-state index in [0.29, 0.717) is 16.7 Å². The third-order valence-electron chi connectivity index (χ3n) is 3.53. The number of pyridine rings is 1. The average Bonchev–Trinajstić information content (AvgIpc) is 2.61. The molecule has 2 aromatic carbocycles. The largest absolute Gasteiger partial charge is 0.494 e. The maximum absolute atomic E-state index is 12.7. The van der Waals surface area contributed by atoms with Gasteiger partial charge in [0.1, 0.15) is 17.0 Å². The summed E-state index contributed by atoms with van der Waals surface area (Å²) < 4.78 is 61.7. The van der Waals surface area contributed by atoms with Gasteiger partial charge in [-0.1, -0.05) is 0 Å². The molecule has 0 amide bonds. The lowest BCUT2D eigenvalue weighted by molar-refractivity contribution is -0.0498. The maximum atomic E-state index is 12.7. The summed E-state index contributed by atoms with van der Waals surface area (Å²) in [4.78, 5) is 4.19. The van der Waals surface area contributed by atoms with Crippen molar-refractivity contribution < 1.29 is 26.7 Å². The molecule has 1 aromatic heterocycles. The first-order valence-electron chi connectivity index (χ1n) is 7.40. The number of nitrogens with zero attached hydrogens (tertiary/aromatic N) is 1. The van der Waals surface area contributed by atoms with Crippen LogP contribution in [-0.2, 0) is 10.0 Å². The summed E-state index contributed by atoms with van der Waals surface area (Å²) in [6, 6.07) is 11.3. The molecule has 3 aromatic rings. The molecule has 0 unspecified atom stereocenters. The van der Waals surface area contributed by atoms with Crippen LogP contribution in [0.3, 0.4) is 0 Å². The second-order valence-corrected chi connectivity index (χ2v) is 6.82. The van der Waals surface area contributed by atoms with Gasteiger partial charge in [-0.2, -0.15) is 8.78 Å². The summed E-state index contributed by atoms with van der Waals surface area (Å²) in [5.74, 6) is 0.384. The van der Waals surface area contributed by atoms with E-state index in [1.54, 1.807) is 12.1 Å². The van der Waals surface area contributed by atoms with Crippen molar-refractivity contribution in [3.63, 3.8) is 0 Å². The van der Waals surface area contributed by atoms with Gasteiger partial charge in [-0.25, -0.2) is 8.42 Å². The van der Waals surface area contributed by atoms with Crippen molar-refractivity contribution >= 4 is 26.6 Å². The minimum atomic E-state index is -3.94. The minimum Gasteiger partial charge on any atom is -0.494 e. The van der Waals surface area contributed by atoms with Gasteiger partial charge in [0.25, 0.3) is 10.0 Å². The van der Waals surface area contributed by atoms with Crippen LogP contribution in [0, 0.1) is 0 Å². The van der Waals surface area contributed by atoms with Crippen LogP contribution in [0.15, 0.2) is 59.6 Å². The lowest BCUT2D eigenvalue weighted by Crippen LogP contribution is -2.13. The SMILES string of the molecule is COc1ccc(S(=O)(=O)Nc2ccc(OC(F)F)cc2)c2cccnc12. The van der Waals surface area contributed by atoms with Crippen LogP contribution in [0.1, 0.15) is 0 Å². The average molecular weight is 380 g/mol. The molecule has 0 aliphatic heterocycles. The van der Waals surface area contributed by atoms with E-state index in [-0.39, 0.29) is 16.3 Å². The summed E-state index contributed by atoms with van der Waals surface area (Å²) >= 11 is 0. The van der Waals surface area contributed by atoms with Crippen molar-refractivity contribution in [2.45, 2.75) is 11.5 Å². The highest BCUT2D eigenvalue weighted by Gasteiger charge is 2.20. The molecular weight excluding hydrogens is 366 g/mol. The number of hydrogen-bond acceptors (Lipinski definition) is 5. The van der Waals surface area contributed by atoms with Gasteiger partial charge in [-0.15, -0.1) is 0 Å². The zero-order chi connectivity index (χ0) is 18.7. The Labute approximate surface area is 148 Å². The van der Waals surface area contributed by atoms with Crippen LogP contribution < -0.4 is 14.2 Å². The fourth-order valence-electron chi connectivity index (χ4n) is 2.43. The summed E-state index contributed by atoms with van der Waals surface area (Å²) in [5, 5.41) is 0.400. The van der Waals surface area contributed by atoms with Crippen LogP contribution in [0.4, 0.5) is 14.5 Å². The Balaban J connectivity index is 1.95. The zero-order valence-corrected chi connectivity index (χ0v) is 14.3. The number of aromatic nitrogens is 1. The number of anilines is 1. The quantitative estimate of drug-likeness (QED) is 0.706. The van der Waals surface area contributed by atoms with Gasteiger partial charge >= 0.3 is 6.61 Å². The Morgan fingerprint density at radius 3 is 2.46 bits per heavy atom. The maximum Gasteiger partial charge on any atom is 0.387 e. The molecular formula is C17H14F2N2O4S. The van der Waals surface area contributed by atoms with E-state index < -0.39 is 16.6 Å². The molecule has 0 radical (unpaired) electrons. The normalized spacial score (nSPS) is 11.5. The molecule has 0 bridgehead atoms. The number of benzene rings is 2. The Morgan fingerprint density at radius 2 is 1.81 bits per heavy atom. The molecule has 0 atom stereocenters. The van der Waals surface area contributed by atoms with Crippen molar-refractivity contribution in [2.24, 2.45) is 0 Å². The highest BCUT2D eigenvalue weighted by Crippen LogP contribution is 2.30. The molecule has 0 aliphatic rings. The lowest BCUT2D eigenvalue weighted by atomic mass is 10.2. The van der Waals surface area contributed by atoms with Gasteiger partial charge in [-0.05, 0) is 48.5 Å². The first-order chi connectivity index (χ1) is 12.4. The number of fused-ring (bicyclic) bond motifs is 1. The van der Waals surface area contributed by atoms with Gasteiger partial charge < -0.3 is 9.47 Å². The zero-order valence-electron chi connectivity index (χ0n) is 13.5. The number of halogens is 2. The Morgan fingerprint density at radius 1 is 1.08 bits per heavy atom. The number of sulfonamides is 1. The predicted molar refractivity (Wildman–Crippen MR) is 92.2 cm³/mol. The van der Waals surface area contributed by atoms with Crippen LogP contribution >= 0.6 is 0 Å². The highest BCUT2D eigenvalue weighted by molar-refractivity contribution is 7.93. The third-order valence-corrected chi connectivity index (χ3v) is 4.97.